The molecule has 0 N–H and O–H groups in total. The molecule has 2 aliphatic rings. The van der Waals surface area contributed by atoms with Crippen molar-refractivity contribution in [2.75, 3.05) is 0 Å². The van der Waals surface area contributed by atoms with E-state index >= 15 is 0 Å². The van der Waals surface area contributed by atoms with E-state index in [1.807, 2.05) is 0 Å². The molecule has 16 heavy (non-hydrogen) atoms. The molecule has 0 radical (unpaired) electrons. The normalized spacial score (nSPS) is 34.1. The van der Waals surface area contributed by atoms with Gasteiger partial charge in [0, 0.05) is 0 Å². The van der Waals surface area contributed by atoms with E-state index in [2.05, 4.69) is 13.8 Å². The second kappa shape index (κ2) is 6.07. The van der Waals surface area contributed by atoms with Gasteiger partial charge in [-0.25, -0.2) is 0 Å². The largest absolute Gasteiger partial charge is 0.0651 e. The van der Waals surface area contributed by atoms with Crippen molar-refractivity contribution in [2.24, 2.45) is 23.7 Å². The van der Waals surface area contributed by atoms with E-state index in [0.717, 1.165) is 23.7 Å². The molecule has 0 saturated heterocycles. The van der Waals surface area contributed by atoms with Gasteiger partial charge in [0.2, 0.25) is 0 Å². The summed E-state index contributed by atoms with van der Waals surface area (Å²) < 4.78 is 0. The van der Waals surface area contributed by atoms with Gasteiger partial charge >= 0.3 is 0 Å². The summed E-state index contributed by atoms with van der Waals surface area (Å²) in [5.74, 6) is 4.25. The first-order valence-corrected chi connectivity index (χ1v) is 7.81. The maximum Gasteiger partial charge on any atom is -0.0386 e. The minimum atomic E-state index is 1.01. The van der Waals surface area contributed by atoms with Crippen LogP contribution in [0.2, 0.25) is 0 Å². The lowest BCUT2D eigenvalue weighted by Crippen LogP contribution is -2.25. The van der Waals surface area contributed by atoms with Crippen molar-refractivity contribution < 1.29 is 0 Å². The summed E-state index contributed by atoms with van der Waals surface area (Å²) in [6.07, 6.45) is 15.1. The van der Waals surface area contributed by atoms with Crippen LogP contribution in [-0.2, 0) is 0 Å². The Morgan fingerprint density at radius 2 is 1.69 bits per heavy atom. The summed E-state index contributed by atoms with van der Waals surface area (Å²) in [6, 6.07) is 0. The van der Waals surface area contributed by atoms with Crippen LogP contribution in [0.1, 0.15) is 78.1 Å². The Kier molecular flexibility index (Phi) is 4.73. The van der Waals surface area contributed by atoms with E-state index in [4.69, 9.17) is 0 Å². The lowest BCUT2D eigenvalue weighted by atomic mass is 9.69. The lowest BCUT2D eigenvalue weighted by molar-refractivity contribution is 0.148. The van der Waals surface area contributed by atoms with Crippen LogP contribution in [0.4, 0.5) is 0 Å². The molecule has 0 amide bonds. The van der Waals surface area contributed by atoms with Gasteiger partial charge in [-0.15, -0.1) is 0 Å². The first-order chi connectivity index (χ1) is 7.81. The molecule has 0 aromatic rings. The molecule has 0 spiro atoms. The third-order valence-corrected chi connectivity index (χ3v) is 5.49. The molecule has 2 fully saturated rings. The lowest BCUT2D eigenvalue weighted by Gasteiger charge is -2.36. The summed E-state index contributed by atoms with van der Waals surface area (Å²) in [5.41, 5.74) is 0. The first-order valence-electron chi connectivity index (χ1n) is 7.81. The fourth-order valence-corrected chi connectivity index (χ4v) is 3.91. The summed E-state index contributed by atoms with van der Waals surface area (Å²) in [7, 11) is 0. The average Bonchev–Trinajstić information content (AvgIpc) is 2.40. The maximum absolute atomic E-state index is 2.52. The molecule has 2 rings (SSSR count). The van der Waals surface area contributed by atoms with E-state index in [1.54, 1.807) is 19.3 Å². The topological polar surface area (TPSA) is 0 Å². The number of rotatable bonds is 4. The number of hydrogen-bond donors (Lipinski definition) is 0. The molecule has 3 atom stereocenters. The van der Waals surface area contributed by atoms with Gasteiger partial charge in [-0.2, -0.15) is 0 Å². The highest BCUT2D eigenvalue weighted by Gasteiger charge is 2.30. The summed E-state index contributed by atoms with van der Waals surface area (Å²) in [4.78, 5) is 0. The van der Waals surface area contributed by atoms with E-state index in [0.29, 0.717) is 0 Å². The molecule has 2 aliphatic carbocycles. The van der Waals surface area contributed by atoms with Crippen LogP contribution in [0.25, 0.3) is 0 Å². The van der Waals surface area contributed by atoms with Gasteiger partial charge < -0.3 is 0 Å². The zero-order chi connectivity index (χ0) is 11.4. The molecule has 0 heterocycles. The Morgan fingerprint density at radius 3 is 2.31 bits per heavy atom. The van der Waals surface area contributed by atoms with Crippen molar-refractivity contribution in [3.63, 3.8) is 0 Å². The van der Waals surface area contributed by atoms with E-state index in [1.165, 1.54) is 44.9 Å². The van der Waals surface area contributed by atoms with Crippen molar-refractivity contribution in [3.8, 4) is 0 Å². The van der Waals surface area contributed by atoms with Crippen LogP contribution in [0, 0.1) is 23.7 Å². The highest BCUT2D eigenvalue weighted by Crippen LogP contribution is 2.41. The van der Waals surface area contributed by atoms with Crippen molar-refractivity contribution in [3.05, 3.63) is 0 Å². The Morgan fingerprint density at radius 1 is 0.938 bits per heavy atom. The summed E-state index contributed by atoms with van der Waals surface area (Å²) >= 11 is 0. The highest BCUT2D eigenvalue weighted by molar-refractivity contribution is 4.81. The maximum atomic E-state index is 2.52. The molecular weight excluding hydrogens is 192 g/mol. The van der Waals surface area contributed by atoms with Crippen molar-refractivity contribution >= 4 is 0 Å². The van der Waals surface area contributed by atoms with Crippen LogP contribution in [-0.4, -0.2) is 0 Å². The van der Waals surface area contributed by atoms with Crippen LogP contribution in [0.3, 0.4) is 0 Å². The zero-order valence-electron chi connectivity index (χ0n) is 11.4. The van der Waals surface area contributed by atoms with Crippen LogP contribution in [0.5, 0.6) is 0 Å². The Bertz CT molecular complexity index is 192. The average molecular weight is 222 g/mol. The van der Waals surface area contributed by atoms with Crippen LogP contribution in [0.15, 0.2) is 0 Å². The van der Waals surface area contributed by atoms with Gasteiger partial charge in [-0.1, -0.05) is 71.6 Å². The Hall–Kier alpha value is 0. The smallest absolute Gasteiger partial charge is 0.0386 e. The molecule has 0 heteroatoms. The minimum Gasteiger partial charge on any atom is -0.0651 e. The molecule has 2 saturated carbocycles. The molecule has 0 aromatic carbocycles. The Balaban J connectivity index is 1.84. The van der Waals surface area contributed by atoms with Gasteiger partial charge in [0.05, 0.1) is 0 Å². The molecular formula is C16H30. The van der Waals surface area contributed by atoms with Crippen LogP contribution < -0.4 is 0 Å². The minimum absolute atomic E-state index is 1.01. The van der Waals surface area contributed by atoms with E-state index in [-0.39, 0.29) is 0 Å². The predicted molar refractivity (Wildman–Crippen MR) is 71.5 cm³/mol. The molecule has 0 aliphatic heterocycles. The SMILES string of the molecule is CCC(CC1CCCCCC1C)C1CCC1. The Labute approximate surface area is 102 Å². The fraction of sp³-hybridized carbons (Fsp3) is 1.00. The quantitative estimate of drug-likeness (QED) is 0.557. The predicted octanol–water partition coefficient (Wildman–Crippen LogP) is 5.42. The molecule has 0 nitrogen and oxygen atoms in total. The fourth-order valence-electron chi connectivity index (χ4n) is 3.91. The van der Waals surface area contributed by atoms with Gasteiger partial charge in [0.25, 0.3) is 0 Å². The van der Waals surface area contributed by atoms with Gasteiger partial charge in [-0.3, -0.25) is 0 Å². The molecule has 0 bridgehead atoms. The molecule has 3 unspecified atom stereocenters. The van der Waals surface area contributed by atoms with Gasteiger partial charge in [0.1, 0.15) is 0 Å². The summed E-state index contributed by atoms with van der Waals surface area (Å²) in [5, 5.41) is 0. The van der Waals surface area contributed by atoms with E-state index in [9.17, 15) is 0 Å². The van der Waals surface area contributed by atoms with Crippen LogP contribution >= 0.6 is 0 Å². The monoisotopic (exact) mass is 222 g/mol. The van der Waals surface area contributed by atoms with Crippen molar-refractivity contribution in [1.29, 1.82) is 0 Å². The third kappa shape index (κ3) is 3.02. The second-order valence-corrected chi connectivity index (χ2v) is 6.47. The van der Waals surface area contributed by atoms with Gasteiger partial charge in [0.15, 0.2) is 0 Å². The highest BCUT2D eigenvalue weighted by atomic mass is 14.4. The van der Waals surface area contributed by atoms with E-state index < -0.39 is 0 Å². The first kappa shape index (κ1) is 12.5. The second-order valence-electron chi connectivity index (χ2n) is 6.47. The summed E-state index contributed by atoms with van der Waals surface area (Å²) in [6.45, 7) is 4.94. The standard InChI is InChI=1S/C16H30/c1-3-14(15-10-7-11-15)12-16-9-6-4-5-8-13(16)2/h13-16H,3-12H2,1-2H3. The molecule has 0 aromatic heterocycles. The molecule has 94 valence electrons. The van der Waals surface area contributed by atoms with Crippen molar-refractivity contribution in [1.82, 2.24) is 0 Å². The zero-order valence-corrected chi connectivity index (χ0v) is 11.4. The number of hydrogen-bond acceptors (Lipinski definition) is 0. The van der Waals surface area contributed by atoms with Crippen molar-refractivity contribution in [2.45, 2.75) is 78.1 Å². The van der Waals surface area contributed by atoms with Gasteiger partial charge in [-0.05, 0) is 30.1 Å². The third-order valence-electron chi connectivity index (χ3n) is 5.49.